The van der Waals surface area contributed by atoms with Gasteiger partial charge in [0.15, 0.2) is 0 Å². The number of hydrogen-bond donors (Lipinski definition) is 1. The Bertz CT molecular complexity index is 429. The summed E-state index contributed by atoms with van der Waals surface area (Å²) in [7, 11) is 0. The van der Waals surface area contributed by atoms with Gasteiger partial charge in [-0.1, -0.05) is 19.3 Å². The van der Waals surface area contributed by atoms with Gasteiger partial charge in [0.05, 0.1) is 0 Å². The summed E-state index contributed by atoms with van der Waals surface area (Å²) < 4.78 is 19.3. The van der Waals surface area contributed by atoms with Crippen LogP contribution in [0.15, 0.2) is 18.2 Å². The Balaban J connectivity index is 1.80. The Hall–Kier alpha value is -1.09. The lowest BCUT2D eigenvalue weighted by Gasteiger charge is -2.36. The normalized spacial score (nSPS) is 28.6. The summed E-state index contributed by atoms with van der Waals surface area (Å²) in [5.41, 5.74) is 6.99. The first kappa shape index (κ1) is 12.0. The van der Waals surface area contributed by atoms with Crippen LogP contribution in [0.2, 0.25) is 0 Å². The highest BCUT2D eigenvalue weighted by atomic mass is 19.1. The van der Waals surface area contributed by atoms with Gasteiger partial charge in [-0.2, -0.15) is 0 Å². The van der Waals surface area contributed by atoms with E-state index in [1.165, 1.54) is 44.2 Å². The number of halogens is 1. The molecule has 0 bridgehead atoms. The smallest absolute Gasteiger partial charge is 0.124 e. The highest BCUT2D eigenvalue weighted by Crippen LogP contribution is 2.39. The summed E-state index contributed by atoms with van der Waals surface area (Å²) in [4.78, 5) is 0. The molecule has 0 spiro atoms. The molecule has 98 valence electrons. The Morgan fingerprint density at radius 2 is 1.94 bits per heavy atom. The van der Waals surface area contributed by atoms with E-state index in [2.05, 4.69) is 0 Å². The van der Waals surface area contributed by atoms with E-state index in [0.29, 0.717) is 5.92 Å². The first-order valence-electron chi connectivity index (χ1n) is 6.96. The minimum absolute atomic E-state index is 0.0867. The summed E-state index contributed by atoms with van der Waals surface area (Å²) in [6.45, 7) is 0. The Labute approximate surface area is 107 Å². The SMILES string of the molecule is N[C@H]1CC(C2CCCCC2)Oc2ccc(F)cc21. The number of hydrogen-bond acceptors (Lipinski definition) is 2. The molecule has 2 nitrogen and oxygen atoms in total. The zero-order valence-corrected chi connectivity index (χ0v) is 10.6. The van der Waals surface area contributed by atoms with Gasteiger partial charge in [0, 0.05) is 18.0 Å². The van der Waals surface area contributed by atoms with Crippen molar-refractivity contribution in [2.45, 2.75) is 50.7 Å². The molecule has 1 fully saturated rings. The summed E-state index contributed by atoms with van der Waals surface area (Å²) in [5.74, 6) is 1.18. The van der Waals surface area contributed by atoms with Gasteiger partial charge in [0.25, 0.3) is 0 Å². The van der Waals surface area contributed by atoms with Gasteiger partial charge in [-0.15, -0.1) is 0 Å². The maximum Gasteiger partial charge on any atom is 0.124 e. The largest absolute Gasteiger partial charge is 0.490 e. The predicted molar refractivity (Wildman–Crippen MR) is 68.9 cm³/mol. The van der Waals surface area contributed by atoms with Crippen molar-refractivity contribution < 1.29 is 9.13 Å². The second-order valence-corrected chi connectivity index (χ2v) is 5.58. The molecule has 3 heteroatoms. The van der Waals surface area contributed by atoms with Crippen LogP contribution in [0.5, 0.6) is 5.75 Å². The lowest BCUT2D eigenvalue weighted by Crippen LogP contribution is -2.36. The molecule has 2 aliphatic rings. The van der Waals surface area contributed by atoms with Gasteiger partial charge in [-0.25, -0.2) is 4.39 Å². The van der Waals surface area contributed by atoms with E-state index in [1.54, 1.807) is 6.07 Å². The van der Waals surface area contributed by atoms with Crippen molar-refractivity contribution in [2.75, 3.05) is 0 Å². The molecule has 2 atom stereocenters. The van der Waals surface area contributed by atoms with Crippen LogP contribution in [0.4, 0.5) is 4.39 Å². The van der Waals surface area contributed by atoms with Crippen LogP contribution in [-0.4, -0.2) is 6.10 Å². The van der Waals surface area contributed by atoms with E-state index in [1.807, 2.05) is 0 Å². The molecule has 1 heterocycles. The van der Waals surface area contributed by atoms with Crippen LogP contribution >= 0.6 is 0 Å². The number of ether oxygens (including phenoxy) is 1. The molecular formula is C15H20FNO. The molecule has 18 heavy (non-hydrogen) atoms. The van der Waals surface area contributed by atoms with Crippen molar-refractivity contribution in [3.05, 3.63) is 29.6 Å². The average Bonchev–Trinajstić information content (AvgIpc) is 2.40. The first-order valence-corrected chi connectivity index (χ1v) is 6.96. The van der Waals surface area contributed by atoms with Crippen molar-refractivity contribution >= 4 is 0 Å². The van der Waals surface area contributed by atoms with Crippen LogP contribution in [0.25, 0.3) is 0 Å². The number of benzene rings is 1. The zero-order valence-electron chi connectivity index (χ0n) is 10.6. The van der Waals surface area contributed by atoms with E-state index in [0.717, 1.165) is 17.7 Å². The van der Waals surface area contributed by atoms with Gasteiger partial charge in [0.1, 0.15) is 17.7 Å². The van der Waals surface area contributed by atoms with Crippen molar-refractivity contribution in [3.8, 4) is 5.75 Å². The molecule has 1 aromatic rings. The fraction of sp³-hybridized carbons (Fsp3) is 0.600. The molecule has 1 aromatic carbocycles. The molecule has 1 aliphatic carbocycles. The van der Waals surface area contributed by atoms with Crippen LogP contribution in [0, 0.1) is 11.7 Å². The molecule has 0 aromatic heterocycles. The molecule has 3 rings (SSSR count). The van der Waals surface area contributed by atoms with Crippen molar-refractivity contribution in [3.63, 3.8) is 0 Å². The van der Waals surface area contributed by atoms with Gasteiger partial charge in [-0.3, -0.25) is 0 Å². The Morgan fingerprint density at radius 1 is 1.17 bits per heavy atom. The molecule has 0 amide bonds. The summed E-state index contributed by atoms with van der Waals surface area (Å²) in [6, 6.07) is 4.60. The second kappa shape index (κ2) is 4.88. The standard InChI is InChI=1S/C15H20FNO/c16-11-6-7-14-12(8-11)13(17)9-15(18-14)10-4-2-1-3-5-10/h6-8,10,13,15H,1-5,9,17H2/t13-,15?/m0/s1. The topological polar surface area (TPSA) is 35.2 Å². The molecular weight excluding hydrogens is 229 g/mol. The van der Waals surface area contributed by atoms with Crippen molar-refractivity contribution in [1.82, 2.24) is 0 Å². The maximum absolute atomic E-state index is 13.2. The minimum Gasteiger partial charge on any atom is -0.490 e. The van der Waals surface area contributed by atoms with Crippen molar-refractivity contribution in [2.24, 2.45) is 11.7 Å². The zero-order chi connectivity index (χ0) is 12.5. The van der Waals surface area contributed by atoms with Crippen LogP contribution in [0.3, 0.4) is 0 Å². The highest BCUT2D eigenvalue weighted by molar-refractivity contribution is 5.38. The lowest BCUT2D eigenvalue weighted by molar-refractivity contribution is 0.0782. The molecule has 0 radical (unpaired) electrons. The molecule has 1 saturated carbocycles. The van der Waals surface area contributed by atoms with Crippen LogP contribution in [-0.2, 0) is 0 Å². The maximum atomic E-state index is 13.2. The van der Waals surface area contributed by atoms with E-state index >= 15 is 0 Å². The van der Waals surface area contributed by atoms with Gasteiger partial charge < -0.3 is 10.5 Å². The van der Waals surface area contributed by atoms with Gasteiger partial charge in [-0.05, 0) is 37.0 Å². The van der Waals surface area contributed by atoms with Gasteiger partial charge in [0.2, 0.25) is 0 Å². The first-order chi connectivity index (χ1) is 8.74. The second-order valence-electron chi connectivity index (χ2n) is 5.58. The highest BCUT2D eigenvalue weighted by Gasteiger charge is 2.32. The lowest BCUT2D eigenvalue weighted by atomic mass is 9.81. The fourth-order valence-corrected chi connectivity index (χ4v) is 3.30. The van der Waals surface area contributed by atoms with E-state index in [-0.39, 0.29) is 18.0 Å². The van der Waals surface area contributed by atoms with Crippen LogP contribution in [0.1, 0.15) is 50.1 Å². The third-order valence-corrected chi connectivity index (χ3v) is 4.31. The van der Waals surface area contributed by atoms with Gasteiger partial charge >= 0.3 is 0 Å². The molecule has 1 unspecified atom stereocenters. The monoisotopic (exact) mass is 249 g/mol. The summed E-state index contributed by atoms with van der Waals surface area (Å²) >= 11 is 0. The minimum atomic E-state index is -0.232. The van der Waals surface area contributed by atoms with E-state index in [4.69, 9.17) is 10.5 Å². The Morgan fingerprint density at radius 3 is 2.72 bits per heavy atom. The molecule has 1 aliphatic heterocycles. The number of fused-ring (bicyclic) bond motifs is 1. The number of rotatable bonds is 1. The third-order valence-electron chi connectivity index (χ3n) is 4.31. The quantitative estimate of drug-likeness (QED) is 0.826. The summed E-state index contributed by atoms with van der Waals surface area (Å²) in [6.07, 6.45) is 7.48. The molecule has 0 saturated heterocycles. The average molecular weight is 249 g/mol. The van der Waals surface area contributed by atoms with E-state index in [9.17, 15) is 4.39 Å². The fourth-order valence-electron chi connectivity index (χ4n) is 3.30. The summed E-state index contributed by atoms with van der Waals surface area (Å²) in [5, 5.41) is 0. The predicted octanol–water partition coefficient (Wildman–Crippen LogP) is 3.56. The van der Waals surface area contributed by atoms with Crippen molar-refractivity contribution in [1.29, 1.82) is 0 Å². The number of nitrogens with two attached hydrogens (primary N) is 1. The molecule has 2 N–H and O–H groups in total. The van der Waals surface area contributed by atoms with Crippen LogP contribution < -0.4 is 10.5 Å². The van der Waals surface area contributed by atoms with E-state index < -0.39 is 0 Å². The third kappa shape index (κ3) is 2.24. The Kier molecular flexibility index (Phi) is 3.25.